The third-order valence-electron chi connectivity index (χ3n) is 6.48. The van der Waals surface area contributed by atoms with Crippen LogP contribution in [0.4, 0.5) is 5.69 Å². The number of fused-ring (bicyclic) bond motifs is 1. The van der Waals surface area contributed by atoms with E-state index in [1.807, 2.05) is 48.5 Å². The van der Waals surface area contributed by atoms with Gasteiger partial charge in [0.15, 0.2) is 0 Å². The van der Waals surface area contributed by atoms with E-state index in [0.717, 1.165) is 22.3 Å². The molecule has 3 aromatic carbocycles. The molecule has 6 rings (SSSR count). The predicted molar refractivity (Wildman–Crippen MR) is 118 cm³/mol. The van der Waals surface area contributed by atoms with Crippen molar-refractivity contribution in [3.63, 3.8) is 0 Å². The van der Waals surface area contributed by atoms with Crippen molar-refractivity contribution in [1.82, 2.24) is 0 Å². The fraction of sp³-hybridized carbons (Fsp3) is 0.167. The second kappa shape index (κ2) is 7.29. The lowest BCUT2D eigenvalue weighted by Gasteiger charge is -2.48. The average molecular weight is 449 g/mol. The van der Waals surface area contributed by atoms with Crippen LogP contribution in [-0.2, 0) is 19.6 Å². The van der Waals surface area contributed by atoms with Gasteiger partial charge in [-0.15, -0.1) is 0 Å². The Morgan fingerprint density at radius 1 is 0.750 bits per heavy atom. The molecule has 8 heteroatoms. The van der Waals surface area contributed by atoms with Crippen molar-refractivity contribution < 1.29 is 23.1 Å². The Bertz CT molecular complexity index is 1300. The molecule has 3 aliphatic rings. The van der Waals surface area contributed by atoms with Crippen LogP contribution in [0.3, 0.4) is 0 Å². The monoisotopic (exact) mass is 448 g/mol. The number of nitrogens with two attached hydrogens (primary N) is 1. The van der Waals surface area contributed by atoms with Crippen LogP contribution in [0.5, 0.6) is 0 Å². The maximum absolute atomic E-state index is 13.5. The van der Waals surface area contributed by atoms with Gasteiger partial charge in [0.05, 0.1) is 16.7 Å². The molecule has 162 valence electrons. The third kappa shape index (κ3) is 3.11. The number of hydrogen-bond acceptors (Lipinski definition) is 4. The van der Waals surface area contributed by atoms with Gasteiger partial charge in [-0.05, 0) is 46.5 Å². The van der Waals surface area contributed by atoms with Crippen LogP contribution >= 0.6 is 0 Å². The summed E-state index contributed by atoms with van der Waals surface area (Å²) < 4.78 is 23.0. The SMILES string of the molecule is NS(=O)(=O)c1ccc(NC(=O)C2C3c4ccccc4C(c4ccccc43)C2C(=O)O)cc1. The molecule has 2 bridgehead atoms. The van der Waals surface area contributed by atoms with Gasteiger partial charge in [0, 0.05) is 17.5 Å². The number of benzene rings is 3. The van der Waals surface area contributed by atoms with Crippen LogP contribution in [0, 0.1) is 11.8 Å². The lowest BCUT2D eigenvalue weighted by atomic mass is 9.54. The highest BCUT2D eigenvalue weighted by Crippen LogP contribution is 2.58. The summed E-state index contributed by atoms with van der Waals surface area (Å²) in [6.07, 6.45) is 0. The Kier molecular flexibility index (Phi) is 4.65. The fourth-order valence-electron chi connectivity index (χ4n) is 5.24. The number of primary sulfonamides is 1. The number of rotatable bonds is 4. The molecule has 0 spiro atoms. The minimum absolute atomic E-state index is 0.0708. The highest BCUT2D eigenvalue weighted by molar-refractivity contribution is 7.89. The molecule has 1 amide bonds. The van der Waals surface area contributed by atoms with E-state index < -0.39 is 45.6 Å². The van der Waals surface area contributed by atoms with Gasteiger partial charge in [0.25, 0.3) is 0 Å². The number of carboxylic acid groups (broad SMARTS) is 1. The van der Waals surface area contributed by atoms with E-state index in [-0.39, 0.29) is 4.90 Å². The summed E-state index contributed by atoms with van der Waals surface area (Å²) in [5.41, 5.74) is 4.21. The molecule has 0 aliphatic heterocycles. The number of carbonyl (C=O) groups is 2. The number of anilines is 1. The maximum Gasteiger partial charge on any atom is 0.308 e. The van der Waals surface area contributed by atoms with Gasteiger partial charge in [0.2, 0.25) is 15.9 Å². The standard InChI is InChI=1S/C24H20N2O5S/c25-32(30,31)14-11-9-13(10-12-14)26-23(27)21-19-15-5-1-3-7-17(15)20(22(21)24(28)29)18-8-4-2-6-16(18)19/h1-12,19-22H,(H,26,27)(H,28,29)(H2,25,30,31). The van der Waals surface area contributed by atoms with Crippen LogP contribution in [0.25, 0.3) is 0 Å². The predicted octanol–water partition coefficient (Wildman–Crippen LogP) is 2.88. The zero-order valence-electron chi connectivity index (χ0n) is 16.8. The van der Waals surface area contributed by atoms with Crippen molar-refractivity contribution in [2.75, 3.05) is 5.32 Å². The molecule has 3 aliphatic carbocycles. The van der Waals surface area contributed by atoms with Crippen LogP contribution < -0.4 is 10.5 Å². The summed E-state index contributed by atoms with van der Waals surface area (Å²) in [4.78, 5) is 25.8. The first kappa shape index (κ1) is 20.4. The number of amides is 1. The van der Waals surface area contributed by atoms with Crippen molar-refractivity contribution in [1.29, 1.82) is 0 Å². The molecule has 0 heterocycles. The number of nitrogens with one attached hydrogen (secondary N) is 1. The normalized spacial score (nSPS) is 23.2. The fourth-order valence-corrected chi connectivity index (χ4v) is 5.76. The Morgan fingerprint density at radius 3 is 1.59 bits per heavy atom. The van der Waals surface area contributed by atoms with Gasteiger partial charge < -0.3 is 10.4 Å². The van der Waals surface area contributed by atoms with E-state index in [1.165, 1.54) is 24.3 Å². The van der Waals surface area contributed by atoms with E-state index >= 15 is 0 Å². The summed E-state index contributed by atoms with van der Waals surface area (Å²) in [7, 11) is -3.85. The molecule has 0 aromatic heterocycles. The Morgan fingerprint density at radius 2 is 1.19 bits per heavy atom. The summed E-state index contributed by atoms with van der Waals surface area (Å²) in [6.45, 7) is 0. The molecule has 3 aromatic rings. The number of aliphatic carboxylic acids is 1. The summed E-state index contributed by atoms with van der Waals surface area (Å²) >= 11 is 0. The lowest BCUT2D eigenvalue weighted by Crippen LogP contribution is -2.48. The minimum Gasteiger partial charge on any atom is -0.481 e. The van der Waals surface area contributed by atoms with Gasteiger partial charge >= 0.3 is 5.97 Å². The maximum atomic E-state index is 13.5. The van der Waals surface area contributed by atoms with E-state index in [9.17, 15) is 23.1 Å². The minimum atomic E-state index is -3.85. The van der Waals surface area contributed by atoms with E-state index in [4.69, 9.17) is 5.14 Å². The number of hydrogen-bond donors (Lipinski definition) is 3. The summed E-state index contributed by atoms with van der Waals surface area (Å²) in [6, 6.07) is 20.9. The number of carbonyl (C=O) groups excluding carboxylic acids is 1. The zero-order valence-corrected chi connectivity index (χ0v) is 17.6. The molecule has 0 radical (unpaired) electrons. The molecule has 4 N–H and O–H groups in total. The van der Waals surface area contributed by atoms with Gasteiger partial charge in [-0.1, -0.05) is 48.5 Å². The van der Waals surface area contributed by atoms with Crippen LogP contribution in [0.15, 0.2) is 77.7 Å². The van der Waals surface area contributed by atoms with E-state index in [2.05, 4.69) is 5.32 Å². The largest absolute Gasteiger partial charge is 0.481 e. The molecule has 2 unspecified atom stereocenters. The molecular formula is C24H20N2O5S. The third-order valence-corrected chi connectivity index (χ3v) is 7.40. The average Bonchev–Trinajstić information content (AvgIpc) is 2.78. The molecular weight excluding hydrogens is 428 g/mol. The van der Waals surface area contributed by atoms with Gasteiger partial charge in [-0.2, -0.15) is 0 Å². The van der Waals surface area contributed by atoms with Crippen molar-refractivity contribution >= 4 is 27.6 Å². The quantitative estimate of drug-likeness (QED) is 0.566. The van der Waals surface area contributed by atoms with Crippen LogP contribution in [-0.4, -0.2) is 25.4 Å². The van der Waals surface area contributed by atoms with E-state index in [0.29, 0.717) is 5.69 Å². The smallest absolute Gasteiger partial charge is 0.308 e. The first-order valence-corrected chi connectivity index (χ1v) is 11.7. The topological polar surface area (TPSA) is 127 Å². The second-order valence-electron chi connectivity index (χ2n) is 8.16. The van der Waals surface area contributed by atoms with Gasteiger partial charge in [-0.3, -0.25) is 9.59 Å². The highest BCUT2D eigenvalue weighted by atomic mass is 32.2. The first-order valence-electron chi connectivity index (χ1n) is 10.1. The van der Waals surface area contributed by atoms with E-state index in [1.54, 1.807) is 0 Å². The van der Waals surface area contributed by atoms with Crippen LogP contribution in [0.2, 0.25) is 0 Å². The highest BCUT2D eigenvalue weighted by Gasteiger charge is 2.55. The second-order valence-corrected chi connectivity index (χ2v) is 9.72. The molecule has 7 nitrogen and oxygen atoms in total. The number of sulfonamides is 1. The molecule has 0 saturated heterocycles. The molecule has 32 heavy (non-hydrogen) atoms. The lowest BCUT2D eigenvalue weighted by molar-refractivity contribution is -0.148. The van der Waals surface area contributed by atoms with Gasteiger partial charge in [-0.25, -0.2) is 13.6 Å². The summed E-state index contributed by atoms with van der Waals surface area (Å²) in [5.74, 6) is -4.00. The van der Waals surface area contributed by atoms with Gasteiger partial charge in [0.1, 0.15) is 0 Å². The molecule has 0 saturated carbocycles. The van der Waals surface area contributed by atoms with Crippen molar-refractivity contribution in [2.45, 2.75) is 16.7 Å². The Hall–Kier alpha value is -3.49. The molecule has 2 atom stereocenters. The van der Waals surface area contributed by atoms with Crippen molar-refractivity contribution in [2.24, 2.45) is 17.0 Å². The Labute approximate surface area is 184 Å². The first-order chi connectivity index (χ1) is 15.3. The van der Waals surface area contributed by atoms with Crippen LogP contribution in [0.1, 0.15) is 34.1 Å². The van der Waals surface area contributed by atoms with Crippen molar-refractivity contribution in [3.05, 3.63) is 95.1 Å². The zero-order chi connectivity index (χ0) is 22.6. The summed E-state index contributed by atoms with van der Waals surface area (Å²) in [5, 5.41) is 18.1. The molecule has 0 fully saturated rings. The Balaban J connectivity index is 1.58. The number of carboxylic acids is 1. The van der Waals surface area contributed by atoms with Crippen molar-refractivity contribution in [3.8, 4) is 0 Å².